The molecule has 6 heteroatoms. The first kappa shape index (κ1) is 12.9. The van der Waals surface area contributed by atoms with Crippen LogP contribution in [0.1, 0.15) is 24.0 Å². The third-order valence-electron chi connectivity index (χ3n) is 3.32. The summed E-state index contributed by atoms with van der Waals surface area (Å²) in [5.41, 5.74) is -2.17. The van der Waals surface area contributed by atoms with E-state index in [9.17, 15) is 23.1 Å². The summed E-state index contributed by atoms with van der Waals surface area (Å²) in [6.45, 7) is 0. The number of hydrogen-bond acceptors (Lipinski definition) is 2. The van der Waals surface area contributed by atoms with Crippen LogP contribution in [-0.4, -0.2) is 22.3 Å². The zero-order chi connectivity index (χ0) is 13.6. The SMILES string of the molecule is O=C(O)C1(c2cccc(C(F)(F)F)c2)CC(O)C1. The highest BCUT2D eigenvalue weighted by molar-refractivity contribution is 5.83. The van der Waals surface area contributed by atoms with Crippen molar-refractivity contribution in [2.24, 2.45) is 0 Å². The molecule has 0 amide bonds. The maximum absolute atomic E-state index is 12.6. The largest absolute Gasteiger partial charge is 0.481 e. The summed E-state index contributed by atoms with van der Waals surface area (Å²) < 4.78 is 37.7. The topological polar surface area (TPSA) is 57.5 Å². The van der Waals surface area contributed by atoms with Crippen LogP contribution in [0.3, 0.4) is 0 Å². The van der Waals surface area contributed by atoms with Gasteiger partial charge in [-0.2, -0.15) is 13.2 Å². The molecule has 2 rings (SSSR count). The van der Waals surface area contributed by atoms with Gasteiger partial charge in [0.1, 0.15) is 0 Å². The molecular weight excluding hydrogens is 249 g/mol. The number of carboxylic acids is 1. The number of carbonyl (C=O) groups is 1. The standard InChI is InChI=1S/C12H11F3O3/c13-12(14,15)8-3-1-2-7(4-8)11(10(17)18)5-9(16)6-11/h1-4,9,16H,5-6H2,(H,17,18). The molecule has 0 unspecified atom stereocenters. The van der Waals surface area contributed by atoms with Crippen molar-refractivity contribution in [1.82, 2.24) is 0 Å². The zero-order valence-corrected chi connectivity index (χ0v) is 9.24. The smallest absolute Gasteiger partial charge is 0.416 e. The Labute approximate surface area is 101 Å². The molecule has 1 aromatic rings. The number of hydrogen-bond donors (Lipinski definition) is 2. The van der Waals surface area contributed by atoms with Crippen molar-refractivity contribution >= 4 is 5.97 Å². The second-order valence-electron chi connectivity index (χ2n) is 4.53. The second-order valence-corrected chi connectivity index (χ2v) is 4.53. The maximum Gasteiger partial charge on any atom is 0.416 e. The zero-order valence-electron chi connectivity index (χ0n) is 9.24. The van der Waals surface area contributed by atoms with Gasteiger partial charge in [0.15, 0.2) is 0 Å². The average Bonchev–Trinajstić information content (AvgIpc) is 2.23. The van der Waals surface area contributed by atoms with Crippen molar-refractivity contribution in [3.8, 4) is 0 Å². The number of aliphatic carboxylic acids is 1. The molecular formula is C12H11F3O3. The number of rotatable bonds is 2. The van der Waals surface area contributed by atoms with Gasteiger partial charge in [0.2, 0.25) is 0 Å². The minimum Gasteiger partial charge on any atom is -0.481 e. The van der Waals surface area contributed by atoms with Crippen LogP contribution in [0.15, 0.2) is 24.3 Å². The summed E-state index contributed by atoms with van der Waals surface area (Å²) in [4.78, 5) is 11.2. The molecule has 0 atom stereocenters. The Kier molecular flexibility index (Phi) is 2.85. The molecule has 98 valence electrons. The summed E-state index contributed by atoms with van der Waals surface area (Å²) in [5, 5.41) is 18.4. The number of carboxylic acid groups (broad SMARTS) is 1. The summed E-state index contributed by atoms with van der Waals surface area (Å²) in [7, 11) is 0. The Morgan fingerprint density at radius 2 is 1.94 bits per heavy atom. The summed E-state index contributed by atoms with van der Waals surface area (Å²) >= 11 is 0. The highest BCUT2D eigenvalue weighted by Crippen LogP contribution is 2.45. The van der Waals surface area contributed by atoms with Gasteiger partial charge in [-0.3, -0.25) is 4.79 Å². The Balaban J connectivity index is 2.42. The molecule has 1 saturated carbocycles. The molecule has 0 bridgehead atoms. The molecule has 2 N–H and O–H groups in total. The van der Waals surface area contributed by atoms with E-state index < -0.39 is 29.2 Å². The first-order valence-electron chi connectivity index (χ1n) is 5.35. The van der Waals surface area contributed by atoms with E-state index in [1.807, 2.05) is 0 Å². The quantitative estimate of drug-likeness (QED) is 0.856. The summed E-state index contributed by atoms with van der Waals surface area (Å²) in [5.74, 6) is -1.20. The van der Waals surface area contributed by atoms with Crippen molar-refractivity contribution in [3.63, 3.8) is 0 Å². The number of alkyl halides is 3. The second kappa shape index (κ2) is 3.98. The van der Waals surface area contributed by atoms with Crippen LogP contribution in [0.25, 0.3) is 0 Å². The maximum atomic E-state index is 12.6. The predicted molar refractivity (Wildman–Crippen MR) is 56.0 cm³/mol. The van der Waals surface area contributed by atoms with Gasteiger partial charge in [-0.15, -0.1) is 0 Å². The van der Waals surface area contributed by atoms with Crippen molar-refractivity contribution < 1.29 is 28.2 Å². The minimum atomic E-state index is -4.50. The van der Waals surface area contributed by atoms with Gasteiger partial charge >= 0.3 is 12.1 Å². The van der Waals surface area contributed by atoms with Gasteiger partial charge < -0.3 is 10.2 Å². The minimum absolute atomic E-state index is 0.0519. The normalized spacial score (nSPS) is 27.7. The fraction of sp³-hybridized carbons (Fsp3) is 0.417. The van der Waals surface area contributed by atoms with Gasteiger partial charge in [-0.1, -0.05) is 18.2 Å². The van der Waals surface area contributed by atoms with Crippen LogP contribution < -0.4 is 0 Å². The lowest BCUT2D eigenvalue weighted by Gasteiger charge is -2.42. The van der Waals surface area contributed by atoms with E-state index in [1.54, 1.807) is 0 Å². The first-order valence-corrected chi connectivity index (χ1v) is 5.35. The van der Waals surface area contributed by atoms with E-state index in [2.05, 4.69) is 0 Å². The van der Waals surface area contributed by atoms with Gasteiger partial charge in [-0.25, -0.2) is 0 Å². The van der Waals surface area contributed by atoms with Crippen LogP contribution in [0.4, 0.5) is 13.2 Å². The van der Waals surface area contributed by atoms with E-state index in [4.69, 9.17) is 5.11 Å². The lowest BCUT2D eigenvalue weighted by Crippen LogP contribution is -2.50. The van der Waals surface area contributed by atoms with Gasteiger partial charge in [0.25, 0.3) is 0 Å². The Bertz CT molecular complexity index is 476. The van der Waals surface area contributed by atoms with Gasteiger partial charge in [0.05, 0.1) is 17.1 Å². The monoisotopic (exact) mass is 260 g/mol. The summed E-state index contributed by atoms with van der Waals surface area (Å²) in [6.07, 6.45) is -5.37. The molecule has 0 spiro atoms. The van der Waals surface area contributed by atoms with Crippen LogP contribution in [0.2, 0.25) is 0 Å². The van der Waals surface area contributed by atoms with E-state index >= 15 is 0 Å². The molecule has 0 aromatic heterocycles. The lowest BCUT2D eigenvalue weighted by atomic mass is 9.62. The fourth-order valence-corrected chi connectivity index (χ4v) is 2.27. The summed E-state index contributed by atoms with van der Waals surface area (Å²) in [6, 6.07) is 4.29. The lowest BCUT2D eigenvalue weighted by molar-refractivity contribution is -0.153. The molecule has 0 aliphatic heterocycles. The third kappa shape index (κ3) is 1.96. The molecule has 1 aliphatic rings. The van der Waals surface area contributed by atoms with E-state index in [0.717, 1.165) is 12.1 Å². The van der Waals surface area contributed by atoms with E-state index in [1.165, 1.54) is 12.1 Å². The van der Waals surface area contributed by atoms with E-state index in [0.29, 0.717) is 0 Å². The first-order chi connectivity index (χ1) is 8.25. The number of halogens is 3. The van der Waals surface area contributed by atoms with Crippen LogP contribution in [0.5, 0.6) is 0 Å². The van der Waals surface area contributed by atoms with Crippen LogP contribution in [0, 0.1) is 0 Å². The highest BCUT2D eigenvalue weighted by Gasteiger charge is 2.51. The van der Waals surface area contributed by atoms with Crippen LogP contribution in [-0.2, 0) is 16.4 Å². The number of aliphatic hydroxyl groups is 1. The van der Waals surface area contributed by atoms with Gasteiger partial charge in [-0.05, 0) is 24.5 Å². The van der Waals surface area contributed by atoms with Crippen molar-refractivity contribution in [2.45, 2.75) is 30.5 Å². The predicted octanol–water partition coefficient (Wildman–Crippen LogP) is 2.18. The van der Waals surface area contributed by atoms with Crippen molar-refractivity contribution in [1.29, 1.82) is 0 Å². The molecule has 0 saturated heterocycles. The Hall–Kier alpha value is -1.56. The molecule has 1 aliphatic carbocycles. The van der Waals surface area contributed by atoms with Crippen LogP contribution >= 0.6 is 0 Å². The van der Waals surface area contributed by atoms with Gasteiger partial charge in [0, 0.05) is 0 Å². The molecule has 1 fully saturated rings. The van der Waals surface area contributed by atoms with Crippen molar-refractivity contribution in [3.05, 3.63) is 35.4 Å². The molecule has 1 aromatic carbocycles. The van der Waals surface area contributed by atoms with Crippen molar-refractivity contribution in [2.75, 3.05) is 0 Å². The fourth-order valence-electron chi connectivity index (χ4n) is 2.27. The number of benzene rings is 1. The third-order valence-corrected chi connectivity index (χ3v) is 3.32. The molecule has 0 radical (unpaired) electrons. The molecule has 3 nitrogen and oxygen atoms in total. The average molecular weight is 260 g/mol. The van der Waals surface area contributed by atoms with E-state index in [-0.39, 0.29) is 18.4 Å². The Morgan fingerprint density at radius 1 is 1.33 bits per heavy atom. The Morgan fingerprint density at radius 3 is 2.39 bits per heavy atom. The molecule has 0 heterocycles. The molecule has 18 heavy (non-hydrogen) atoms. The highest BCUT2D eigenvalue weighted by atomic mass is 19.4. The number of aliphatic hydroxyl groups excluding tert-OH is 1.